The SMILES string of the molecule is CC/C=C\C/C=C\C/C=C\C/C=C\C/C=C\C/C=C\CCCCCCCCCCCCCCCCCCC(=O)NC(COC1OC(CO)C(OC2OC(CO)C(OC3OC(CO)C(O)C(O)C3O)C(O)C2O)C(O)C1O)C(O)/C=C/CCCCCCCCCCCCCCCCCCCCCCCCCCC. The zero-order valence-corrected chi connectivity index (χ0v) is 66.9. The number of carbonyl (C=O) groups excluding carboxylic acids is 1. The van der Waals surface area contributed by atoms with Crippen molar-refractivity contribution >= 4 is 5.91 Å². The molecule has 1 amide bonds. The fourth-order valence-corrected chi connectivity index (χ4v) is 14.3. The molecule has 3 aliphatic rings. The third-order valence-corrected chi connectivity index (χ3v) is 21.2. The van der Waals surface area contributed by atoms with Gasteiger partial charge in [0.05, 0.1) is 38.6 Å². The number of aliphatic hydroxyl groups excluding tert-OH is 11. The van der Waals surface area contributed by atoms with Crippen molar-refractivity contribution in [3.63, 3.8) is 0 Å². The monoisotopic (exact) mass is 1520 g/mol. The smallest absolute Gasteiger partial charge is 0.220 e. The molecule has 3 saturated heterocycles. The van der Waals surface area contributed by atoms with Crippen LogP contribution in [0.25, 0.3) is 0 Å². The first-order valence-corrected chi connectivity index (χ1v) is 43.3. The number of nitrogens with one attached hydrogen (secondary N) is 1. The van der Waals surface area contributed by atoms with Gasteiger partial charge in [0, 0.05) is 6.42 Å². The summed E-state index contributed by atoms with van der Waals surface area (Å²) in [5.41, 5.74) is 0. The number of ether oxygens (including phenoxy) is 6. The van der Waals surface area contributed by atoms with Crippen molar-refractivity contribution in [1.29, 1.82) is 0 Å². The van der Waals surface area contributed by atoms with Crippen LogP contribution < -0.4 is 5.32 Å². The van der Waals surface area contributed by atoms with Crippen LogP contribution >= 0.6 is 0 Å². The van der Waals surface area contributed by atoms with E-state index in [0.717, 1.165) is 83.5 Å². The van der Waals surface area contributed by atoms with Crippen LogP contribution in [-0.4, -0.2) is 193 Å². The van der Waals surface area contributed by atoms with E-state index in [2.05, 4.69) is 92.1 Å². The van der Waals surface area contributed by atoms with Gasteiger partial charge in [0.25, 0.3) is 0 Å². The first-order valence-electron chi connectivity index (χ1n) is 43.3. The molecule has 3 rings (SSSR count). The van der Waals surface area contributed by atoms with Crippen molar-refractivity contribution in [2.24, 2.45) is 0 Å². The van der Waals surface area contributed by atoms with Gasteiger partial charge in [-0.15, -0.1) is 0 Å². The van der Waals surface area contributed by atoms with Gasteiger partial charge in [-0.25, -0.2) is 0 Å². The summed E-state index contributed by atoms with van der Waals surface area (Å²) in [4.78, 5) is 13.5. The Balaban J connectivity index is 1.34. The molecule has 0 aromatic heterocycles. The van der Waals surface area contributed by atoms with Crippen LogP contribution in [0.3, 0.4) is 0 Å². The molecule has 0 bridgehead atoms. The van der Waals surface area contributed by atoms with Crippen molar-refractivity contribution < 1.29 is 89.4 Å². The highest BCUT2D eigenvalue weighted by Crippen LogP contribution is 2.33. The Kier molecular flexibility index (Phi) is 61.9. The van der Waals surface area contributed by atoms with E-state index in [0.29, 0.717) is 6.42 Å². The second-order valence-electron chi connectivity index (χ2n) is 30.6. The average molecular weight is 1520 g/mol. The van der Waals surface area contributed by atoms with Crippen molar-refractivity contribution in [3.8, 4) is 0 Å². The lowest BCUT2D eigenvalue weighted by atomic mass is 9.96. The summed E-state index contributed by atoms with van der Waals surface area (Å²) in [6.45, 7) is 1.67. The van der Waals surface area contributed by atoms with Crippen molar-refractivity contribution in [1.82, 2.24) is 5.32 Å². The van der Waals surface area contributed by atoms with Crippen LogP contribution in [0.2, 0.25) is 0 Å². The molecule has 622 valence electrons. The minimum atomic E-state index is -1.98. The van der Waals surface area contributed by atoms with E-state index in [1.54, 1.807) is 6.08 Å². The van der Waals surface area contributed by atoms with Crippen LogP contribution in [0.1, 0.15) is 335 Å². The van der Waals surface area contributed by atoms with E-state index in [-0.39, 0.29) is 18.9 Å². The average Bonchev–Trinajstić information content (AvgIpc) is 0.781. The van der Waals surface area contributed by atoms with E-state index >= 15 is 0 Å². The van der Waals surface area contributed by atoms with Gasteiger partial charge in [0.2, 0.25) is 5.91 Å². The molecule has 3 aliphatic heterocycles. The van der Waals surface area contributed by atoms with Crippen LogP contribution in [-0.2, 0) is 33.2 Å². The third-order valence-electron chi connectivity index (χ3n) is 21.2. The van der Waals surface area contributed by atoms with Gasteiger partial charge >= 0.3 is 0 Å². The minimum Gasteiger partial charge on any atom is -0.394 e. The summed E-state index contributed by atoms with van der Waals surface area (Å²) in [7, 11) is 0. The summed E-state index contributed by atoms with van der Waals surface area (Å²) in [5, 5.41) is 121. The molecule has 0 spiro atoms. The molecule has 0 aliphatic carbocycles. The summed E-state index contributed by atoms with van der Waals surface area (Å²) in [5.74, 6) is -0.273. The molecular weight excluding hydrogens is 1360 g/mol. The summed E-state index contributed by atoms with van der Waals surface area (Å²) < 4.78 is 34.5. The molecule has 17 atom stereocenters. The van der Waals surface area contributed by atoms with Gasteiger partial charge in [-0.3, -0.25) is 4.79 Å². The number of rotatable bonds is 69. The maximum absolute atomic E-state index is 13.5. The third kappa shape index (κ3) is 46.7. The molecule has 107 heavy (non-hydrogen) atoms. The van der Waals surface area contributed by atoms with Crippen LogP contribution in [0.5, 0.6) is 0 Å². The first kappa shape index (κ1) is 98.2. The highest BCUT2D eigenvalue weighted by Gasteiger charge is 2.54. The van der Waals surface area contributed by atoms with Crippen LogP contribution in [0.15, 0.2) is 85.1 Å². The van der Waals surface area contributed by atoms with Gasteiger partial charge in [-0.05, 0) is 70.6 Å². The number of carbonyl (C=O) groups is 1. The van der Waals surface area contributed by atoms with Crippen LogP contribution in [0.4, 0.5) is 0 Å². The van der Waals surface area contributed by atoms with Gasteiger partial charge in [-0.1, -0.05) is 343 Å². The molecule has 17 unspecified atom stereocenters. The molecule has 12 N–H and O–H groups in total. The van der Waals surface area contributed by atoms with E-state index in [1.807, 2.05) is 6.08 Å². The van der Waals surface area contributed by atoms with Gasteiger partial charge in [0.15, 0.2) is 18.9 Å². The van der Waals surface area contributed by atoms with Crippen molar-refractivity contribution in [2.45, 2.75) is 439 Å². The number of amides is 1. The largest absolute Gasteiger partial charge is 0.394 e. The second-order valence-corrected chi connectivity index (χ2v) is 30.6. The fourth-order valence-electron chi connectivity index (χ4n) is 14.3. The molecule has 0 aromatic carbocycles. The number of hydrogen-bond donors (Lipinski definition) is 12. The number of hydrogen-bond acceptors (Lipinski definition) is 18. The molecular formula is C88H157NO18. The number of aliphatic hydroxyl groups is 11. The molecule has 3 fully saturated rings. The Labute approximate surface area is 648 Å². The lowest BCUT2D eigenvalue weighted by Gasteiger charge is -2.48. The highest BCUT2D eigenvalue weighted by atomic mass is 16.8. The van der Waals surface area contributed by atoms with E-state index in [9.17, 15) is 61.0 Å². The van der Waals surface area contributed by atoms with E-state index < -0.39 is 124 Å². The summed E-state index contributed by atoms with van der Waals surface area (Å²) in [6.07, 6.45) is 64.3. The molecule has 19 nitrogen and oxygen atoms in total. The Morgan fingerprint density at radius 3 is 1.01 bits per heavy atom. The summed E-state index contributed by atoms with van der Waals surface area (Å²) >= 11 is 0. The highest BCUT2D eigenvalue weighted by molar-refractivity contribution is 5.76. The predicted molar refractivity (Wildman–Crippen MR) is 429 cm³/mol. The minimum absolute atomic E-state index is 0.241. The molecule has 3 heterocycles. The molecule has 0 saturated carbocycles. The molecule has 0 aromatic rings. The van der Waals surface area contributed by atoms with E-state index in [1.165, 1.54) is 225 Å². The van der Waals surface area contributed by atoms with Crippen molar-refractivity contribution in [3.05, 3.63) is 85.1 Å². The zero-order chi connectivity index (χ0) is 77.4. The quantitative estimate of drug-likeness (QED) is 0.0199. The first-order chi connectivity index (χ1) is 52.3. The zero-order valence-electron chi connectivity index (χ0n) is 66.9. The predicted octanol–water partition coefficient (Wildman–Crippen LogP) is 15.7. The number of allylic oxidation sites excluding steroid dienone is 13. The maximum Gasteiger partial charge on any atom is 0.220 e. The standard InChI is InChI=1S/C88H157NO18/c1-3-5-7-9-11-13-15-17-19-21-23-25-27-29-31-32-33-34-35-36-37-38-40-42-44-46-48-50-52-54-56-58-60-62-64-66-76(94)89-71(72(93)65-63-61-59-57-55-53-51-49-47-45-43-41-39-30-28-26-24-22-20-18-16-14-12-10-8-6-4-2)70-102-86-82(100)79(97)84(74(68-91)104-86)107-88-83(101)80(98)85(75(69-92)105-88)106-87-81(99)78(96)77(95)73(67-90)103-87/h5,7,11,13,17,19,23,25,29,31,33-34,63,65,71-75,77-88,90-93,95-101H,3-4,6,8-10,12,14-16,18,20-22,24,26-28,30,32,35-62,64,66-70H2,1-2H3,(H,89,94)/b7-5-,13-11-,19-17-,25-23-,31-29-,34-33-,65-63+. The Hall–Kier alpha value is -3.03. The topological polar surface area (TPSA) is 307 Å². The summed E-state index contributed by atoms with van der Waals surface area (Å²) in [6, 6.07) is -0.978. The van der Waals surface area contributed by atoms with Gasteiger partial charge in [0.1, 0.15) is 73.2 Å². The van der Waals surface area contributed by atoms with Gasteiger partial charge < -0.3 is 89.9 Å². The Bertz CT molecular complexity index is 2260. The van der Waals surface area contributed by atoms with E-state index in [4.69, 9.17) is 28.4 Å². The Morgan fingerprint density at radius 1 is 0.346 bits per heavy atom. The maximum atomic E-state index is 13.5. The van der Waals surface area contributed by atoms with Crippen LogP contribution in [0, 0.1) is 0 Å². The van der Waals surface area contributed by atoms with Crippen molar-refractivity contribution in [2.75, 3.05) is 26.4 Å². The lowest BCUT2D eigenvalue weighted by molar-refractivity contribution is -0.379. The van der Waals surface area contributed by atoms with Gasteiger partial charge in [-0.2, -0.15) is 0 Å². The normalized spacial score (nSPS) is 25.9. The fraction of sp³-hybridized carbons (Fsp3) is 0.830. The molecule has 19 heteroatoms. The number of unbranched alkanes of at least 4 members (excludes halogenated alkanes) is 41. The molecule has 0 radical (unpaired) electrons. The lowest BCUT2D eigenvalue weighted by Crippen LogP contribution is -2.66. The second kappa shape index (κ2) is 67.5. The Morgan fingerprint density at radius 2 is 0.645 bits per heavy atom.